The van der Waals surface area contributed by atoms with Crippen LogP contribution in [0.2, 0.25) is 0 Å². The Balaban J connectivity index is 3.06. The van der Waals surface area contributed by atoms with Crippen molar-refractivity contribution in [3.63, 3.8) is 0 Å². The predicted octanol–water partition coefficient (Wildman–Crippen LogP) is 0.711. The molecule has 0 aliphatic rings. The lowest BCUT2D eigenvalue weighted by atomic mass is 10.1. The van der Waals surface area contributed by atoms with Crippen LogP contribution in [-0.2, 0) is 9.53 Å². The Morgan fingerprint density at radius 1 is 1.28 bits per heavy atom. The van der Waals surface area contributed by atoms with Gasteiger partial charge in [-0.2, -0.15) is 0 Å². The Bertz CT molecular complexity index is 550. The van der Waals surface area contributed by atoms with E-state index in [9.17, 15) is 19.8 Å². The lowest BCUT2D eigenvalue weighted by Crippen LogP contribution is -1.98. The Morgan fingerprint density at radius 2 is 1.94 bits per heavy atom. The maximum absolute atomic E-state index is 10.8. The van der Waals surface area contributed by atoms with Crippen LogP contribution in [0, 0.1) is 11.8 Å². The molecule has 0 heterocycles. The van der Waals surface area contributed by atoms with Crippen LogP contribution in [0.5, 0.6) is 11.5 Å². The second kappa shape index (κ2) is 5.59. The Morgan fingerprint density at radius 3 is 2.50 bits per heavy atom. The highest BCUT2D eigenvalue weighted by molar-refractivity contribution is 5.91. The highest BCUT2D eigenvalue weighted by Gasteiger charge is 2.13. The number of benzene rings is 1. The Labute approximate surface area is 102 Å². The SMILES string of the molecule is COC(=O)CC#Cc1cc(C(=O)O)c(O)cc1O. The zero-order valence-electron chi connectivity index (χ0n) is 9.43. The van der Waals surface area contributed by atoms with E-state index < -0.39 is 17.7 Å². The van der Waals surface area contributed by atoms with Gasteiger partial charge in [0.15, 0.2) is 0 Å². The number of ether oxygens (including phenoxy) is 1. The summed E-state index contributed by atoms with van der Waals surface area (Å²) < 4.78 is 4.36. The fourth-order valence-electron chi connectivity index (χ4n) is 1.13. The van der Waals surface area contributed by atoms with Crippen LogP contribution in [0.25, 0.3) is 0 Å². The van der Waals surface area contributed by atoms with E-state index >= 15 is 0 Å². The summed E-state index contributed by atoms with van der Waals surface area (Å²) in [5, 5.41) is 27.5. The van der Waals surface area contributed by atoms with Gasteiger partial charge in [-0.15, -0.1) is 0 Å². The second-order valence-electron chi connectivity index (χ2n) is 3.25. The number of aromatic carboxylic acids is 1. The number of esters is 1. The van der Waals surface area contributed by atoms with Crippen molar-refractivity contribution >= 4 is 11.9 Å². The number of methoxy groups -OCH3 is 1. The second-order valence-corrected chi connectivity index (χ2v) is 3.25. The van der Waals surface area contributed by atoms with Crippen LogP contribution in [0.15, 0.2) is 12.1 Å². The molecular formula is C12H10O6. The summed E-state index contributed by atoms with van der Waals surface area (Å²) in [5.41, 5.74) is -0.371. The average molecular weight is 250 g/mol. The predicted molar refractivity (Wildman–Crippen MR) is 60.2 cm³/mol. The van der Waals surface area contributed by atoms with Crippen molar-refractivity contribution in [1.82, 2.24) is 0 Å². The van der Waals surface area contributed by atoms with E-state index in [0.29, 0.717) is 0 Å². The number of rotatable bonds is 2. The summed E-state index contributed by atoms with van der Waals surface area (Å²) in [4.78, 5) is 21.5. The van der Waals surface area contributed by atoms with Gasteiger partial charge in [0, 0.05) is 6.07 Å². The van der Waals surface area contributed by atoms with Crippen molar-refractivity contribution in [2.24, 2.45) is 0 Å². The molecule has 0 bridgehead atoms. The van der Waals surface area contributed by atoms with E-state index in [0.717, 1.165) is 12.1 Å². The standard InChI is InChI=1S/C12H10O6/c1-18-11(15)4-2-3-7-5-8(12(16)17)10(14)6-9(7)13/h5-6,13-14H,4H2,1H3,(H,16,17). The lowest BCUT2D eigenvalue weighted by molar-refractivity contribution is -0.139. The molecule has 0 aromatic heterocycles. The molecule has 18 heavy (non-hydrogen) atoms. The number of carbonyl (C=O) groups excluding carboxylic acids is 1. The lowest BCUT2D eigenvalue weighted by Gasteiger charge is -2.02. The number of carboxylic acid groups (broad SMARTS) is 1. The number of hydrogen-bond donors (Lipinski definition) is 3. The minimum atomic E-state index is -1.34. The number of carboxylic acids is 1. The molecule has 0 aliphatic heterocycles. The van der Waals surface area contributed by atoms with Gasteiger partial charge in [0.1, 0.15) is 23.5 Å². The maximum Gasteiger partial charge on any atom is 0.339 e. The van der Waals surface area contributed by atoms with Gasteiger partial charge in [0.25, 0.3) is 0 Å². The van der Waals surface area contributed by atoms with Gasteiger partial charge in [0.2, 0.25) is 0 Å². The van der Waals surface area contributed by atoms with Crippen molar-refractivity contribution in [1.29, 1.82) is 0 Å². The van der Waals surface area contributed by atoms with E-state index in [1.807, 2.05) is 0 Å². The number of carbonyl (C=O) groups is 2. The third-order valence-electron chi connectivity index (χ3n) is 2.03. The van der Waals surface area contributed by atoms with Gasteiger partial charge in [-0.1, -0.05) is 11.8 Å². The van der Waals surface area contributed by atoms with Crippen LogP contribution in [0.3, 0.4) is 0 Å². The molecule has 1 rings (SSSR count). The van der Waals surface area contributed by atoms with Gasteiger partial charge >= 0.3 is 11.9 Å². The highest BCUT2D eigenvalue weighted by Crippen LogP contribution is 2.26. The molecule has 0 radical (unpaired) electrons. The van der Waals surface area contributed by atoms with Gasteiger partial charge in [-0.25, -0.2) is 4.79 Å². The normalized spacial score (nSPS) is 9.17. The van der Waals surface area contributed by atoms with E-state index in [2.05, 4.69) is 16.6 Å². The number of aromatic hydroxyl groups is 2. The summed E-state index contributed by atoms with van der Waals surface area (Å²) in [6.07, 6.45) is -0.181. The molecule has 6 heteroatoms. The zero-order chi connectivity index (χ0) is 13.7. The molecule has 0 saturated carbocycles. The van der Waals surface area contributed by atoms with Gasteiger partial charge in [0.05, 0.1) is 12.7 Å². The first-order valence-corrected chi connectivity index (χ1v) is 4.80. The minimum Gasteiger partial charge on any atom is -0.507 e. The smallest absolute Gasteiger partial charge is 0.339 e. The molecule has 0 spiro atoms. The molecule has 3 N–H and O–H groups in total. The molecule has 1 aromatic rings. The first kappa shape index (κ1) is 13.4. The fraction of sp³-hybridized carbons (Fsp3) is 0.167. The third kappa shape index (κ3) is 3.15. The van der Waals surface area contributed by atoms with Crippen LogP contribution < -0.4 is 0 Å². The number of phenols is 2. The minimum absolute atomic E-state index is 0.00843. The number of hydrogen-bond acceptors (Lipinski definition) is 5. The van der Waals surface area contributed by atoms with Gasteiger partial charge in [-0.05, 0) is 6.07 Å². The summed E-state index contributed by atoms with van der Waals surface area (Å²) in [7, 11) is 1.21. The average Bonchev–Trinajstić information content (AvgIpc) is 2.31. The van der Waals surface area contributed by atoms with E-state index in [4.69, 9.17) is 5.11 Å². The van der Waals surface area contributed by atoms with Crippen LogP contribution in [0.4, 0.5) is 0 Å². The molecular weight excluding hydrogens is 240 g/mol. The van der Waals surface area contributed by atoms with Crippen LogP contribution in [0.1, 0.15) is 22.3 Å². The quantitative estimate of drug-likeness (QED) is 0.527. The molecule has 0 atom stereocenters. The van der Waals surface area contributed by atoms with Crippen molar-refractivity contribution in [3.05, 3.63) is 23.3 Å². The molecule has 6 nitrogen and oxygen atoms in total. The van der Waals surface area contributed by atoms with E-state index in [1.165, 1.54) is 7.11 Å². The molecule has 0 aliphatic carbocycles. The summed E-state index contributed by atoms with van der Waals surface area (Å²) in [6, 6.07) is 1.91. The van der Waals surface area contributed by atoms with Crippen molar-refractivity contribution < 1.29 is 29.6 Å². The summed E-state index contributed by atoms with van der Waals surface area (Å²) in [5.74, 6) is 2.04. The van der Waals surface area contributed by atoms with Gasteiger partial charge in [-0.3, -0.25) is 4.79 Å². The van der Waals surface area contributed by atoms with Crippen molar-refractivity contribution in [2.75, 3.05) is 7.11 Å². The molecule has 0 unspecified atom stereocenters. The maximum atomic E-state index is 10.8. The first-order valence-electron chi connectivity index (χ1n) is 4.80. The summed E-state index contributed by atoms with van der Waals surface area (Å²) in [6.45, 7) is 0. The third-order valence-corrected chi connectivity index (χ3v) is 2.03. The van der Waals surface area contributed by atoms with Gasteiger partial charge < -0.3 is 20.1 Å². The van der Waals surface area contributed by atoms with Crippen LogP contribution >= 0.6 is 0 Å². The Kier molecular flexibility index (Phi) is 4.16. The van der Waals surface area contributed by atoms with Crippen molar-refractivity contribution in [2.45, 2.75) is 6.42 Å². The Hall–Kier alpha value is -2.68. The highest BCUT2D eigenvalue weighted by atomic mass is 16.5. The number of phenolic OH excluding ortho intramolecular Hbond substituents is 1. The zero-order valence-corrected chi connectivity index (χ0v) is 9.43. The fourth-order valence-corrected chi connectivity index (χ4v) is 1.13. The molecule has 1 aromatic carbocycles. The molecule has 94 valence electrons. The van der Waals surface area contributed by atoms with Crippen LogP contribution in [-0.4, -0.2) is 34.4 Å². The monoisotopic (exact) mass is 250 g/mol. The topological polar surface area (TPSA) is 104 Å². The first-order chi connectivity index (χ1) is 8.45. The molecule has 0 saturated heterocycles. The molecule has 0 amide bonds. The van der Waals surface area contributed by atoms with Crippen molar-refractivity contribution in [3.8, 4) is 23.3 Å². The van der Waals surface area contributed by atoms with E-state index in [-0.39, 0.29) is 23.3 Å². The largest absolute Gasteiger partial charge is 0.507 e. The molecule has 0 fully saturated rings. The summed E-state index contributed by atoms with van der Waals surface area (Å²) >= 11 is 0. The van der Waals surface area contributed by atoms with E-state index in [1.54, 1.807) is 0 Å².